The fourth-order valence-corrected chi connectivity index (χ4v) is 3.03. The molecule has 88 valence electrons. The van der Waals surface area contributed by atoms with Crippen molar-refractivity contribution in [1.82, 2.24) is 0 Å². The van der Waals surface area contributed by atoms with Gasteiger partial charge in [-0.15, -0.1) is 4.52 Å². The van der Waals surface area contributed by atoms with Crippen LogP contribution in [0.2, 0.25) is 0 Å². The first-order valence-electron chi connectivity index (χ1n) is 5.77. The number of hydrogen-bond donors (Lipinski definition) is 1. The van der Waals surface area contributed by atoms with Gasteiger partial charge in [0.05, 0.1) is 0 Å². The molecule has 4 atom stereocenters. The van der Waals surface area contributed by atoms with Crippen molar-refractivity contribution >= 4 is 8.03 Å². The van der Waals surface area contributed by atoms with Crippen molar-refractivity contribution in [2.24, 2.45) is 17.8 Å². The van der Waals surface area contributed by atoms with E-state index in [1.54, 1.807) is 0 Å². The first kappa shape index (κ1) is 13.1. The lowest BCUT2D eigenvalue weighted by Crippen LogP contribution is -2.32. The lowest BCUT2D eigenvalue weighted by Gasteiger charge is -2.33. The standard InChI is InChI=1S/C11H22O3P/c1-8(2)10-5-4-9(3)6-11(10)14-15(13)7-12/h8-12H,4-7H2,1-3H3/q+1/t9-,10+,11-/m1/s1. The largest absolute Gasteiger partial charge is 0.537 e. The van der Waals surface area contributed by atoms with E-state index in [0.717, 1.165) is 12.8 Å². The van der Waals surface area contributed by atoms with Crippen molar-refractivity contribution in [3.05, 3.63) is 0 Å². The van der Waals surface area contributed by atoms with Crippen LogP contribution in [-0.2, 0) is 9.09 Å². The molecule has 1 rings (SSSR count). The zero-order valence-electron chi connectivity index (χ0n) is 9.85. The van der Waals surface area contributed by atoms with Crippen LogP contribution in [0.25, 0.3) is 0 Å². The monoisotopic (exact) mass is 233 g/mol. The molecule has 3 nitrogen and oxygen atoms in total. The molecule has 0 aromatic rings. The molecule has 0 spiro atoms. The second kappa shape index (κ2) is 5.93. The molecule has 0 amide bonds. The number of hydrogen-bond acceptors (Lipinski definition) is 3. The van der Waals surface area contributed by atoms with Crippen molar-refractivity contribution in [3.63, 3.8) is 0 Å². The fraction of sp³-hybridized carbons (Fsp3) is 1.00. The Morgan fingerprint density at radius 3 is 2.67 bits per heavy atom. The van der Waals surface area contributed by atoms with Crippen LogP contribution in [0.3, 0.4) is 0 Å². The molecule has 0 aliphatic heterocycles. The highest BCUT2D eigenvalue weighted by molar-refractivity contribution is 7.38. The summed E-state index contributed by atoms with van der Waals surface area (Å²) < 4.78 is 16.7. The van der Waals surface area contributed by atoms with Gasteiger partial charge in [0.25, 0.3) is 6.35 Å². The summed E-state index contributed by atoms with van der Waals surface area (Å²) in [6.07, 6.45) is 3.08. The Morgan fingerprint density at radius 2 is 2.13 bits per heavy atom. The highest BCUT2D eigenvalue weighted by atomic mass is 31.1. The number of rotatable bonds is 4. The summed E-state index contributed by atoms with van der Waals surface area (Å²) in [6, 6.07) is 0. The van der Waals surface area contributed by atoms with Gasteiger partial charge in [-0.05, 0) is 35.2 Å². The van der Waals surface area contributed by atoms with Gasteiger partial charge in [0.15, 0.2) is 0 Å². The highest BCUT2D eigenvalue weighted by Gasteiger charge is 2.36. The van der Waals surface area contributed by atoms with E-state index in [-0.39, 0.29) is 12.5 Å². The lowest BCUT2D eigenvalue weighted by molar-refractivity contribution is 0.0500. The van der Waals surface area contributed by atoms with Crippen LogP contribution in [0.15, 0.2) is 0 Å². The highest BCUT2D eigenvalue weighted by Crippen LogP contribution is 2.39. The molecule has 1 fully saturated rings. The van der Waals surface area contributed by atoms with Gasteiger partial charge in [-0.1, -0.05) is 27.2 Å². The Kier molecular flexibility index (Phi) is 5.17. The quantitative estimate of drug-likeness (QED) is 0.759. The third kappa shape index (κ3) is 3.82. The molecule has 1 aliphatic carbocycles. The second-order valence-corrected chi connectivity index (χ2v) is 6.10. The van der Waals surface area contributed by atoms with Crippen molar-refractivity contribution in [2.75, 3.05) is 6.35 Å². The van der Waals surface area contributed by atoms with Crippen molar-refractivity contribution in [2.45, 2.75) is 46.1 Å². The summed E-state index contributed by atoms with van der Waals surface area (Å²) in [5.41, 5.74) is 0. The van der Waals surface area contributed by atoms with Crippen molar-refractivity contribution in [1.29, 1.82) is 0 Å². The minimum atomic E-state index is -1.87. The predicted octanol–water partition coefficient (Wildman–Crippen LogP) is 3.16. The first-order chi connectivity index (χ1) is 7.04. The van der Waals surface area contributed by atoms with E-state index in [0.29, 0.717) is 17.8 Å². The SMILES string of the molecule is CC(C)[C@@H]1CC[C@@H](C)C[C@H]1O[P+](=O)CO. The Labute approximate surface area is 93.1 Å². The van der Waals surface area contributed by atoms with Crippen molar-refractivity contribution < 1.29 is 14.2 Å². The van der Waals surface area contributed by atoms with Gasteiger partial charge < -0.3 is 5.11 Å². The molecule has 1 aliphatic rings. The topological polar surface area (TPSA) is 46.5 Å². The smallest absolute Gasteiger partial charge is 0.351 e. The maximum absolute atomic E-state index is 11.2. The summed E-state index contributed by atoms with van der Waals surface area (Å²) >= 11 is 0. The molecule has 1 saturated carbocycles. The van der Waals surface area contributed by atoms with Gasteiger partial charge >= 0.3 is 8.03 Å². The van der Waals surface area contributed by atoms with Crippen LogP contribution in [0.1, 0.15) is 40.0 Å². The minimum Gasteiger partial charge on any atom is -0.351 e. The molecule has 0 saturated heterocycles. The summed E-state index contributed by atoms with van der Waals surface area (Å²) in [7, 11) is -1.87. The average Bonchev–Trinajstić information content (AvgIpc) is 2.17. The molecule has 0 heterocycles. The zero-order valence-corrected chi connectivity index (χ0v) is 10.7. The normalized spacial score (nSPS) is 33.1. The lowest BCUT2D eigenvalue weighted by atomic mass is 9.75. The summed E-state index contributed by atoms with van der Waals surface area (Å²) in [4.78, 5) is 0. The van der Waals surface area contributed by atoms with Gasteiger partial charge in [0.2, 0.25) is 0 Å². The van der Waals surface area contributed by atoms with E-state index in [2.05, 4.69) is 20.8 Å². The van der Waals surface area contributed by atoms with Crippen molar-refractivity contribution in [3.8, 4) is 0 Å². The van der Waals surface area contributed by atoms with Crippen LogP contribution >= 0.6 is 8.03 Å². The molecule has 0 aromatic heterocycles. The molecular weight excluding hydrogens is 211 g/mol. The van der Waals surface area contributed by atoms with Gasteiger partial charge in [0.1, 0.15) is 6.10 Å². The first-order valence-corrected chi connectivity index (χ1v) is 7.13. The van der Waals surface area contributed by atoms with Crippen LogP contribution in [0, 0.1) is 17.8 Å². The molecular formula is C11H22O3P+. The summed E-state index contributed by atoms with van der Waals surface area (Å²) in [6.45, 7) is 6.57. The minimum absolute atomic E-state index is 0.0736. The molecule has 0 radical (unpaired) electrons. The molecule has 4 heteroatoms. The fourth-order valence-electron chi connectivity index (χ4n) is 2.42. The molecule has 15 heavy (non-hydrogen) atoms. The molecule has 0 bridgehead atoms. The Hall–Kier alpha value is 0.0200. The Balaban J connectivity index is 2.57. The van der Waals surface area contributed by atoms with E-state index in [4.69, 9.17) is 9.63 Å². The average molecular weight is 233 g/mol. The predicted molar refractivity (Wildman–Crippen MR) is 60.9 cm³/mol. The van der Waals surface area contributed by atoms with Crippen LogP contribution < -0.4 is 0 Å². The van der Waals surface area contributed by atoms with Crippen LogP contribution in [-0.4, -0.2) is 17.6 Å². The Morgan fingerprint density at radius 1 is 1.47 bits per heavy atom. The molecule has 1 N–H and O–H groups in total. The summed E-state index contributed by atoms with van der Waals surface area (Å²) in [5.74, 6) is 1.70. The van der Waals surface area contributed by atoms with Gasteiger partial charge in [-0.25, -0.2) is 0 Å². The Bertz CT molecular complexity index is 218. The van der Waals surface area contributed by atoms with Gasteiger partial charge in [0, 0.05) is 0 Å². The zero-order chi connectivity index (χ0) is 11.4. The van der Waals surface area contributed by atoms with Gasteiger partial charge in [-0.3, -0.25) is 0 Å². The molecule has 1 unspecified atom stereocenters. The van der Waals surface area contributed by atoms with E-state index in [9.17, 15) is 4.57 Å². The second-order valence-electron chi connectivity index (χ2n) is 4.94. The maximum atomic E-state index is 11.2. The number of aliphatic hydroxyl groups is 1. The van der Waals surface area contributed by atoms with E-state index in [1.807, 2.05) is 0 Å². The third-order valence-corrected chi connectivity index (χ3v) is 4.07. The van der Waals surface area contributed by atoms with Crippen LogP contribution in [0.4, 0.5) is 0 Å². The van der Waals surface area contributed by atoms with E-state index >= 15 is 0 Å². The van der Waals surface area contributed by atoms with E-state index in [1.165, 1.54) is 6.42 Å². The third-order valence-electron chi connectivity index (χ3n) is 3.33. The van der Waals surface area contributed by atoms with Gasteiger partial charge in [-0.2, -0.15) is 0 Å². The van der Waals surface area contributed by atoms with Crippen LogP contribution in [0.5, 0.6) is 0 Å². The maximum Gasteiger partial charge on any atom is 0.537 e. The summed E-state index contributed by atoms with van der Waals surface area (Å²) in [5, 5.41) is 8.75. The molecule has 0 aromatic carbocycles. The number of aliphatic hydroxyl groups excluding tert-OH is 1. The van der Waals surface area contributed by atoms with E-state index < -0.39 is 8.03 Å².